The molecule has 148 valence electrons. The summed E-state index contributed by atoms with van der Waals surface area (Å²) >= 11 is 0. The average Bonchev–Trinajstić information content (AvgIpc) is 3.46. The van der Waals surface area contributed by atoms with Gasteiger partial charge in [0.1, 0.15) is 17.3 Å². The molecule has 0 bridgehead atoms. The molecule has 0 fully saturated rings. The number of tetrazole rings is 1. The van der Waals surface area contributed by atoms with E-state index in [0.29, 0.717) is 17.3 Å². The minimum absolute atomic E-state index is 0.484. The number of para-hydroxylation sites is 1. The van der Waals surface area contributed by atoms with Crippen molar-refractivity contribution in [2.75, 3.05) is 11.9 Å². The summed E-state index contributed by atoms with van der Waals surface area (Å²) in [7, 11) is 2.00. The third-order valence-electron chi connectivity index (χ3n) is 4.74. The molecule has 0 amide bonds. The molecular weight excluding hydrogens is 380 g/mol. The first-order valence-corrected chi connectivity index (χ1v) is 9.35. The van der Waals surface area contributed by atoms with Crippen molar-refractivity contribution in [3.63, 3.8) is 0 Å². The highest BCUT2D eigenvalue weighted by molar-refractivity contribution is 5.65. The maximum atomic E-state index is 6.08. The number of hydrogen-bond acceptors (Lipinski definition) is 7. The summed E-state index contributed by atoms with van der Waals surface area (Å²) in [4.78, 5) is 6.56. The lowest BCUT2D eigenvalue weighted by Gasteiger charge is -2.21. The average molecular weight is 398 g/mol. The van der Waals surface area contributed by atoms with Crippen LogP contribution in [0.5, 0.6) is 11.5 Å². The second-order valence-corrected chi connectivity index (χ2v) is 6.74. The molecule has 0 saturated heterocycles. The molecule has 5 aromatic rings. The van der Waals surface area contributed by atoms with Crippen molar-refractivity contribution < 1.29 is 4.74 Å². The minimum atomic E-state index is 0.484. The summed E-state index contributed by atoms with van der Waals surface area (Å²) in [5.74, 6) is 2.78. The number of benzene rings is 2. The molecular formula is C21H18N8O. The maximum absolute atomic E-state index is 6.08. The van der Waals surface area contributed by atoms with Crippen LogP contribution in [-0.2, 0) is 0 Å². The largest absolute Gasteiger partial charge is 0.457 e. The maximum Gasteiger partial charge on any atom is 0.208 e. The number of H-pyrrole nitrogens is 1. The Labute approximate surface area is 172 Å². The Morgan fingerprint density at radius 2 is 1.87 bits per heavy atom. The molecule has 30 heavy (non-hydrogen) atoms. The van der Waals surface area contributed by atoms with E-state index in [4.69, 9.17) is 4.74 Å². The Balaban J connectivity index is 1.42. The smallest absolute Gasteiger partial charge is 0.208 e. The van der Waals surface area contributed by atoms with E-state index < -0.39 is 0 Å². The predicted octanol–water partition coefficient (Wildman–Crippen LogP) is 3.78. The van der Waals surface area contributed by atoms with Gasteiger partial charge in [0.25, 0.3) is 0 Å². The van der Waals surface area contributed by atoms with Crippen LogP contribution < -0.4 is 9.64 Å². The van der Waals surface area contributed by atoms with Crippen LogP contribution in [-0.4, -0.2) is 42.3 Å². The van der Waals surface area contributed by atoms with E-state index in [1.54, 1.807) is 6.20 Å². The first-order valence-electron chi connectivity index (χ1n) is 9.35. The van der Waals surface area contributed by atoms with Crippen molar-refractivity contribution in [3.8, 4) is 22.9 Å². The summed E-state index contributed by atoms with van der Waals surface area (Å²) in [5, 5.41) is 18.5. The Bertz CT molecular complexity index is 1290. The zero-order chi connectivity index (χ0) is 20.5. The molecule has 0 unspecified atom stereocenters. The molecule has 0 saturated carbocycles. The fourth-order valence-electron chi connectivity index (χ4n) is 3.27. The normalized spacial score (nSPS) is 11.0. The predicted molar refractivity (Wildman–Crippen MR) is 112 cm³/mol. The molecule has 0 spiro atoms. The minimum Gasteiger partial charge on any atom is -0.457 e. The Morgan fingerprint density at radius 3 is 2.67 bits per heavy atom. The van der Waals surface area contributed by atoms with Gasteiger partial charge >= 0.3 is 0 Å². The van der Waals surface area contributed by atoms with Crippen molar-refractivity contribution in [1.29, 1.82) is 0 Å². The van der Waals surface area contributed by atoms with E-state index in [0.717, 1.165) is 28.4 Å². The van der Waals surface area contributed by atoms with Crippen molar-refractivity contribution in [2.24, 2.45) is 0 Å². The Hall–Kier alpha value is -4.27. The number of rotatable bonds is 5. The molecule has 3 aromatic heterocycles. The number of hydrogen-bond donors (Lipinski definition) is 1. The van der Waals surface area contributed by atoms with Crippen LogP contribution in [0.15, 0.2) is 66.9 Å². The summed E-state index contributed by atoms with van der Waals surface area (Å²) in [6.07, 6.45) is 1.75. The molecule has 0 atom stereocenters. The lowest BCUT2D eigenvalue weighted by Crippen LogP contribution is -2.14. The number of aromatic amines is 1. The Kier molecular flexibility index (Phi) is 4.32. The molecule has 9 heteroatoms. The number of nitrogens with one attached hydrogen (secondary N) is 1. The molecule has 2 aromatic carbocycles. The van der Waals surface area contributed by atoms with E-state index in [9.17, 15) is 0 Å². The summed E-state index contributed by atoms with van der Waals surface area (Å²) in [6, 6.07) is 19.3. The van der Waals surface area contributed by atoms with Crippen LogP contribution in [0.4, 0.5) is 11.5 Å². The number of aryl methyl sites for hydroxylation is 1. The van der Waals surface area contributed by atoms with Crippen LogP contribution in [0.25, 0.3) is 17.0 Å². The van der Waals surface area contributed by atoms with Crippen molar-refractivity contribution in [1.82, 2.24) is 35.2 Å². The van der Waals surface area contributed by atoms with Gasteiger partial charge < -0.3 is 9.64 Å². The molecule has 0 aliphatic rings. The van der Waals surface area contributed by atoms with Gasteiger partial charge in [0.2, 0.25) is 5.82 Å². The number of nitrogens with zero attached hydrogens (tertiary/aromatic N) is 7. The molecule has 3 heterocycles. The zero-order valence-corrected chi connectivity index (χ0v) is 16.4. The zero-order valence-electron chi connectivity index (χ0n) is 16.4. The number of fused-ring (bicyclic) bond motifs is 1. The third-order valence-corrected chi connectivity index (χ3v) is 4.74. The second kappa shape index (κ2) is 7.28. The topological polar surface area (TPSA) is 97.1 Å². The van der Waals surface area contributed by atoms with Crippen molar-refractivity contribution >= 4 is 17.2 Å². The van der Waals surface area contributed by atoms with Gasteiger partial charge in [-0.1, -0.05) is 12.1 Å². The second-order valence-electron chi connectivity index (χ2n) is 6.74. The highest BCUT2D eigenvalue weighted by Crippen LogP contribution is 2.32. The highest BCUT2D eigenvalue weighted by atomic mass is 16.5. The van der Waals surface area contributed by atoms with Gasteiger partial charge in [-0.25, -0.2) is 4.98 Å². The molecule has 5 rings (SSSR count). The molecule has 0 radical (unpaired) electrons. The number of ether oxygens (including phenoxy) is 1. The molecule has 0 aliphatic heterocycles. The van der Waals surface area contributed by atoms with Gasteiger partial charge in [0.05, 0.1) is 11.8 Å². The van der Waals surface area contributed by atoms with Crippen LogP contribution in [0.2, 0.25) is 0 Å². The number of anilines is 2. The lowest BCUT2D eigenvalue weighted by molar-refractivity contribution is 0.484. The van der Waals surface area contributed by atoms with Crippen LogP contribution in [0, 0.1) is 6.92 Å². The van der Waals surface area contributed by atoms with E-state index in [-0.39, 0.29) is 0 Å². The first kappa shape index (κ1) is 17.8. The monoisotopic (exact) mass is 398 g/mol. The van der Waals surface area contributed by atoms with Crippen LogP contribution in [0.1, 0.15) is 5.69 Å². The SMILES string of the molecule is Cc1cc(N(C)c2ccc(Oc3ccccc3-c3nn[nH]n3)cc2)n2nccc2n1. The lowest BCUT2D eigenvalue weighted by atomic mass is 10.2. The van der Waals surface area contributed by atoms with E-state index >= 15 is 0 Å². The van der Waals surface area contributed by atoms with Gasteiger partial charge in [0, 0.05) is 30.6 Å². The fourth-order valence-corrected chi connectivity index (χ4v) is 3.27. The summed E-state index contributed by atoms with van der Waals surface area (Å²) in [6.45, 7) is 1.97. The molecule has 0 aliphatic carbocycles. The quantitative estimate of drug-likeness (QED) is 0.481. The Morgan fingerprint density at radius 1 is 1.03 bits per heavy atom. The van der Waals surface area contributed by atoms with Crippen LogP contribution in [0.3, 0.4) is 0 Å². The standard InChI is InChI=1S/C21H18N8O/c1-14-13-20(29-19(23-14)11-12-22-29)28(2)15-7-9-16(10-8-15)30-18-6-4-3-5-17(18)21-24-26-27-25-21/h3-13H,1-2H3,(H,24,25,26,27). The van der Waals surface area contributed by atoms with Gasteiger partial charge in [-0.05, 0) is 48.5 Å². The van der Waals surface area contributed by atoms with E-state index in [2.05, 4.69) is 35.6 Å². The third kappa shape index (κ3) is 3.22. The highest BCUT2D eigenvalue weighted by Gasteiger charge is 2.13. The van der Waals surface area contributed by atoms with Crippen molar-refractivity contribution in [2.45, 2.75) is 6.92 Å². The first-order chi connectivity index (χ1) is 14.7. The number of aromatic nitrogens is 7. The van der Waals surface area contributed by atoms with Gasteiger partial charge in [0.15, 0.2) is 5.65 Å². The van der Waals surface area contributed by atoms with E-state index in [1.807, 2.05) is 79.2 Å². The molecule has 1 N–H and O–H groups in total. The van der Waals surface area contributed by atoms with Gasteiger partial charge in [-0.2, -0.15) is 14.8 Å². The van der Waals surface area contributed by atoms with Gasteiger partial charge in [-0.3, -0.25) is 0 Å². The molecule has 9 nitrogen and oxygen atoms in total. The van der Waals surface area contributed by atoms with E-state index in [1.165, 1.54) is 0 Å². The fraction of sp³-hybridized carbons (Fsp3) is 0.0952. The summed E-state index contributed by atoms with van der Waals surface area (Å²) in [5.41, 5.74) is 3.51. The van der Waals surface area contributed by atoms with Crippen LogP contribution >= 0.6 is 0 Å². The van der Waals surface area contributed by atoms with Gasteiger partial charge in [-0.15, -0.1) is 10.2 Å². The summed E-state index contributed by atoms with van der Waals surface area (Å²) < 4.78 is 7.90. The van der Waals surface area contributed by atoms with Crippen molar-refractivity contribution in [3.05, 3.63) is 72.6 Å².